The summed E-state index contributed by atoms with van der Waals surface area (Å²) in [5.41, 5.74) is 2.16. The second kappa shape index (κ2) is 10.2. The summed E-state index contributed by atoms with van der Waals surface area (Å²) in [6.45, 7) is 6.85. The van der Waals surface area contributed by atoms with Crippen LogP contribution in [0, 0.1) is 6.92 Å². The van der Waals surface area contributed by atoms with Crippen LogP contribution in [0.3, 0.4) is 0 Å². The van der Waals surface area contributed by atoms with Crippen LogP contribution in [0.25, 0.3) is 0 Å². The fraction of sp³-hybridized carbons (Fsp3) is 0.333. The third kappa shape index (κ3) is 4.95. The topological polar surface area (TPSA) is 106 Å². The molecule has 2 N–H and O–H groups in total. The molecule has 2 heterocycles. The van der Waals surface area contributed by atoms with E-state index in [0.29, 0.717) is 18.9 Å². The van der Waals surface area contributed by atoms with Gasteiger partial charge in [-0.3, -0.25) is 19.1 Å². The number of benzene rings is 2. The molecule has 0 saturated heterocycles. The van der Waals surface area contributed by atoms with Crippen molar-refractivity contribution in [3.8, 4) is 5.75 Å². The molecule has 9 heteroatoms. The van der Waals surface area contributed by atoms with Gasteiger partial charge in [-0.1, -0.05) is 48.0 Å². The quantitative estimate of drug-likeness (QED) is 0.506. The van der Waals surface area contributed by atoms with Crippen LogP contribution >= 0.6 is 0 Å². The van der Waals surface area contributed by atoms with Crippen molar-refractivity contribution in [3.05, 3.63) is 82.7 Å². The first-order valence-electron chi connectivity index (χ1n) is 11.9. The number of carbonyl (C=O) groups is 3. The van der Waals surface area contributed by atoms with E-state index in [1.165, 1.54) is 15.6 Å². The highest BCUT2D eigenvalue weighted by Gasteiger charge is 2.46. The first-order chi connectivity index (χ1) is 17.2. The van der Waals surface area contributed by atoms with Crippen LogP contribution in [0.4, 0.5) is 0 Å². The molecule has 2 aromatic carbocycles. The molecule has 4 rings (SSSR count). The molecule has 0 aliphatic carbocycles. The Morgan fingerprint density at radius 2 is 1.81 bits per heavy atom. The summed E-state index contributed by atoms with van der Waals surface area (Å²) in [5.74, 6) is -0.376. The monoisotopic (exact) mass is 489 g/mol. The Bertz CT molecular complexity index is 1280. The Hall–Kier alpha value is -4.14. The zero-order valence-electron chi connectivity index (χ0n) is 21.0. The van der Waals surface area contributed by atoms with Gasteiger partial charge in [0.2, 0.25) is 5.91 Å². The van der Waals surface area contributed by atoms with Crippen molar-refractivity contribution in [1.82, 2.24) is 25.3 Å². The average molecular weight is 490 g/mol. The molecular formula is C27H31N5O4. The van der Waals surface area contributed by atoms with E-state index in [1.54, 1.807) is 14.0 Å². The van der Waals surface area contributed by atoms with Crippen LogP contribution in [-0.4, -0.2) is 51.6 Å². The van der Waals surface area contributed by atoms with Crippen LogP contribution < -0.4 is 15.4 Å². The summed E-state index contributed by atoms with van der Waals surface area (Å²) in [6, 6.07) is 16.8. The Morgan fingerprint density at radius 1 is 1.08 bits per heavy atom. The number of aromatic nitrogens is 2. The minimum absolute atomic E-state index is 0.116. The number of fused-ring (bicyclic) bond motifs is 1. The maximum atomic E-state index is 13.2. The van der Waals surface area contributed by atoms with Crippen molar-refractivity contribution in [2.45, 2.75) is 45.9 Å². The number of likely N-dealkylation sites (N-methyl/N-ethyl adjacent to an activating group) is 1. The number of nitrogens with one attached hydrogen (secondary N) is 2. The van der Waals surface area contributed by atoms with Crippen molar-refractivity contribution in [2.24, 2.45) is 0 Å². The minimum Gasteiger partial charge on any atom is -0.494 e. The Balaban J connectivity index is 1.46. The number of aryl methyl sites for hydroxylation is 1. The van der Waals surface area contributed by atoms with Gasteiger partial charge in [0.25, 0.3) is 11.8 Å². The number of nitrogens with zero attached hydrogens (tertiary/aromatic N) is 3. The molecule has 0 fully saturated rings. The third-order valence-corrected chi connectivity index (χ3v) is 6.51. The fourth-order valence-corrected chi connectivity index (χ4v) is 4.13. The van der Waals surface area contributed by atoms with Crippen molar-refractivity contribution in [2.75, 3.05) is 13.7 Å². The predicted octanol–water partition coefficient (Wildman–Crippen LogP) is 2.68. The van der Waals surface area contributed by atoms with Crippen LogP contribution in [0.5, 0.6) is 5.75 Å². The molecule has 1 aliphatic rings. The van der Waals surface area contributed by atoms with E-state index >= 15 is 0 Å². The zero-order valence-corrected chi connectivity index (χ0v) is 21.0. The zero-order chi connectivity index (χ0) is 25.9. The third-order valence-electron chi connectivity index (χ3n) is 6.51. The molecule has 3 aromatic rings. The molecule has 0 spiro atoms. The van der Waals surface area contributed by atoms with Gasteiger partial charge in [-0.05, 0) is 32.4 Å². The maximum Gasteiger partial charge on any atom is 0.272 e. The van der Waals surface area contributed by atoms with E-state index < -0.39 is 11.4 Å². The lowest BCUT2D eigenvalue weighted by Gasteiger charge is -2.40. The smallest absolute Gasteiger partial charge is 0.272 e. The van der Waals surface area contributed by atoms with Gasteiger partial charge in [-0.2, -0.15) is 5.10 Å². The van der Waals surface area contributed by atoms with Gasteiger partial charge in [0.05, 0.1) is 13.2 Å². The maximum absolute atomic E-state index is 13.2. The van der Waals surface area contributed by atoms with Crippen LogP contribution in [0.15, 0.2) is 54.6 Å². The summed E-state index contributed by atoms with van der Waals surface area (Å²) in [4.78, 5) is 40.5. The summed E-state index contributed by atoms with van der Waals surface area (Å²) >= 11 is 0. The highest BCUT2D eigenvalue weighted by molar-refractivity contribution is 6.01. The van der Waals surface area contributed by atoms with E-state index in [9.17, 15) is 14.4 Å². The number of hydrogen-bond acceptors (Lipinski definition) is 5. The molecular weight excluding hydrogens is 458 g/mol. The van der Waals surface area contributed by atoms with Gasteiger partial charge in [0, 0.05) is 31.8 Å². The van der Waals surface area contributed by atoms with Crippen LogP contribution in [0.2, 0.25) is 0 Å². The van der Waals surface area contributed by atoms with Gasteiger partial charge >= 0.3 is 0 Å². The fourth-order valence-electron chi connectivity index (χ4n) is 4.13. The summed E-state index contributed by atoms with van der Waals surface area (Å²) < 4.78 is 7.05. The van der Waals surface area contributed by atoms with E-state index in [1.807, 2.05) is 62.4 Å². The highest BCUT2D eigenvalue weighted by atomic mass is 16.5. The van der Waals surface area contributed by atoms with Crippen molar-refractivity contribution in [3.63, 3.8) is 0 Å². The molecule has 0 saturated carbocycles. The van der Waals surface area contributed by atoms with Crippen molar-refractivity contribution in [1.29, 1.82) is 0 Å². The van der Waals surface area contributed by atoms with Gasteiger partial charge in [-0.15, -0.1) is 0 Å². The number of amides is 3. The summed E-state index contributed by atoms with van der Waals surface area (Å²) in [6.07, 6.45) is 0. The van der Waals surface area contributed by atoms with E-state index in [0.717, 1.165) is 16.7 Å². The largest absolute Gasteiger partial charge is 0.494 e. The summed E-state index contributed by atoms with van der Waals surface area (Å²) in [5, 5.41) is 10.1. The van der Waals surface area contributed by atoms with Gasteiger partial charge in [0.1, 0.15) is 17.0 Å². The number of carbonyl (C=O) groups excluding carboxylic acids is 3. The lowest BCUT2D eigenvalue weighted by atomic mass is 9.95. The Kier molecular flexibility index (Phi) is 7.10. The molecule has 188 valence electrons. The molecule has 0 bridgehead atoms. The first-order valence-corrected chi connectivity index (χ1v) is 11.9. The lowest BCUT2D eigenvalue weighted by Crippen LogP contribution is -2.62. The second-order valence-electron chi connectivity index (χ2n) is 9.10. The highest BCUT2D eigenvalue weighted by Crippen LogP contribution is 2.26. The first kappa shape index (κ1) is 25.0. The van der Waals surface area contributed by atoms with Crippen molar-refractivity contribution >= 4 is 17.7 Å². The molecule has 0 radical (unpaired) electrons. The molecule has 9 nitrogen and oxygen atoms in total. The van der Waals surface area contributed by atoms with E-state index in [2.05, 4.69) is 15.7 Å². The van der Waals surface area contributed by atoms with E-state index in [-0.39, 0.29) is 36.3 Å². The Labute approximate surface area is 210 Å². The molecule has 36 heavy (non-hydrogen) atoms. The minimum atomic E-state index is -1.16. The number of hydrogen-bond donors (Lipinski definition) is 2. The number of ether oxygens (including phenoxy) is 1. The van der Waals surface area contributed by atoms with Gasteiger partial charge < -0.3 is 20.3 Å². The van der Waals surface area contributed by atoms with Gasteiger partial charge in [0.15, 0.2) is 5.69 Å². The average Bonchev–Trinajstić information content (AvgIpc) is 3.30. The van der Waals surface area contributed by atoms with Crippen molar-refractivity contribution < 1.29 is 19.1 Å². The number of para-hydroxylation sites is 1. The normalized spacial score (nSPS) is 16.9. The van der Waals surface area contributed by atoms with Crippen LogP contribution in [-0.2, 0) is 24.4 Å². The Morgan fingerprint density at radius 3 is 2.53 bits per heavy atom. The molecule has 3 amide bonds. The lowest BCUT2D eigenvalue weighted by molar-refractivity contribution is -0.132. The number of rotatable bonds is 8. The predicted molar refractivity (Wildman–Crippen MR) is 135 cm³/mol. The van der Waals surface area contributed by atoms with Gasteiger partial charge in [-0.25, -0.2) is 0 Å². The van der Waals surface area contributed by atoms with Crippen LogP contribution in [0.1, 0.15) is 51.5 Å². The molecule has 1 aliphatic heterocycles. The molecule has 1 atom stereocenters. The summed E-state index contributed by atoms with van der Waals surface area (Å²) in [7, 11) is 1.59. The molecule has 1 unspecified atom stereocenters. The second-order valence-corrected chi connectivity index (χ2v) is 9.10. The standard InChI is InChI=1S/C27H31N5O4/c1-5-36-23-9-7-6-8-20(23)16-28-24(33)21-14-22-25(34)31(4)27(3,17-32(22)30-21)26(35)29-15-19-12-10-18(2)11-13-19/h6-14H,5,15-17H2,1-4H3,(H,28,33)(H,29,35). The van der Waals surface area contributed by atoms with E-state index in [4.69, 9.17) is 4.74 Å². The molecule has 1 aromatic heterocycles. The SMILES string of the molecule is CCOc1ccccc1CNC(=O)c1cc2n(n1)CC(C)(C(=O)NCc1ccc(C)cc1)N(C)C2=O.